The van der Waals surface area contributed by atoms with Gasteiger partial charge < -0.3 is 30.5 Å². The van der Waals surface area contributed by atoms with Gasteiger partial charge in [0.25, 0.3) is 5.91 Å². The molecule has 0 unspecified atom stereocenters. The summed E-state index contributed by atoms with van der Waals surface area (Å²) < 4.78 is 5.16. The van der Waals surface area contributed by atoms with Crippen LogP contribution in [0.1, 0.15) is 41.3 Å². The fraction of sp³-hybridized carbons (Fsp3) is 0.281. The van der Waals surface area contributed by atoms with Crippen molar-refractivity contribution in [3.05, 3.63) is 95.6 Å². The van der Waals surface area contributed by atoms with Crippen LogP contribution in [0.5, 0.6) is 11.5 Å². The number of para-hydroxylation sites is 1. The maximum Gasteiger partial charge on any atom is 0.326 e. The summed E-state index contributed by atoms with van der Waals surface area (Å²) in [5, 5.41) is 24.8. The van der Waals surface area contributed by atoms with Crippen molar-refractivity contribution in [2.75, 3.05) is 6.54 Å². The number of nitrogens with zero attached hydrogens (tertiary/aromatic N) is 1. The molecule has 11 nitrogen and oxygen atoms in total. The van der Waals surface area contributed by atoms with Crippen molar-refractivity contribution < 1.29 is 38.9 Å². The van der Waals surface area contributed by atoms with Gasteiger partial charge in [-0.05, 0) is 48.2 Å². The maximum atomic E-state index is 14.0. The molecular weight excluding hydrogens is 554 g/mol. The van der Waals surface area contributed by atoms with Crippen LogP contribution in [0, 0.1) is 0 Å². The fourth-order valence-electron chi connectivity index (χ4n) is 5.02. The van der Waals surface area contributed by atoms with Crippen LogP contribution in [0.2, 0.25) is 0 Å². The van der Waals surface area contributed by atoms with Gasteiger partial charge in [0.05, 0.1) is 5.56 Å². The van der Waals surface area contributed by atoms with Crippen molar-refractivity contribution in [1.82, 2.24) is 15.5 Å². The summed E-state index contributed by atoms with van der Waals surface area (Å²) in [7, 11) is 0. The van der Waals surface area contributed by atoms with Gasteiger partial charge in [-0.3, -0.25) is 19.2 Å². The Morgan fingerprint density at radius 3 is 2.16 bits per heavy atom. The average Bonchev–Trinajstić information content (AvgIpc) is 3.48. The summed E-state index contributed by atoms with van der Waals surface area (Å²) in [4.78, 5) is 65.6. The number of esters is 1. The third-order valence-corrected chi connectivity index (χ3v) is 7.10. The number of hydrogen-bond donors (Lipinski definition) is 4. The standard InChI is InChI=1S/C32H33N3O8/c1-20(36)43-28-12-6-5-10-24(28)29(38)33-25(18-22-13-15-23(37)16-14-22)31(40)35-17-7-11-27(35)30(39)34-26(32(41)42)19-21-8-3-2-4-9-21/h2-6,8-10,12-16,25-27,37H,7,11,17-19H2,1H3,(H,33,38)(H,34,39)(H,41,42)/t25-,26-,27-/m0/s1. The van der Waals surface area contributed by atoms with Crippen LogP contribution in [0.15, 0.2) is 78.9 Å². The highest BCUT2D eigenvalue weighted by Gasteiger charge is 2.39. The lowest BCUT2D eigenvalue weighted by atomic mass is 10.0. The Kier molecular flexibility index (Phi) is 10.1. The molecule has 1 aliphatic heterocycles. The molecule has 4 N–H and O–H groups in total. The summed E-state index contributed by atoms with van der Waals surface area (Å²) >= 11 is 0. The van der Waals surface area contributed by atoms with E-state index in [-0.39, 0.29) is 36.4 Å². The van der Waals surface area contributed by atoms with Crippen LogP contribution >= 0.6 is 0 Å². The molecule has 1 heterocycles. The molecule has 0 aliphatic carbocycles. The molecule has 1 saturated heterocycles. The number of phenols is 1. The van der Waals surface area contributed by atoms with Gasteiger partial charge in [-0.15, -0.1) is 0 Å². The van der Waals surface area contributed by atoms with E-state index in [2.05, 4.69) is 10.6 Å². The quantitative estimate of drug-likeness (QED) is 0.196. The number of rotatable bonds is 11. The number of ether oxygens (including phenoxy) is 1. The van der Waals surface area contributed by atoms with Crippen LogP contribution in [0.25, 0.3) is 0 Å². The van der Waals surface area contributed by atoms with Crippen molar-refractivity contribution in [3.8, 4) is 11.5 Å². The minimum atomic E-state index is -1.20. The van der Waals surface area contributed by atoms with E-state index in [0.717, 1.165) is 5.56 Å². The second kappa shape index (κ2) is 14.1. The summed E-state index contributed by atoms with van der Waals surface area (Å²) in [6, 6.07) is 17.9. The van der Waals surface area contributed by atoms with E-state index in [1.165, 1.54) is 36.1 Å². The fourth-order valence-corrected chi connectivity index (χ4v) is 5.02. The van der Waals surface area contributed by atoms with Crippen molar-refractivity contribution in [1.29, 1.82) is 0 Å². The molecule has 1 aliphatic rings. The predicted octanol–water partition coefficient (Wildman–Crippen LogP) is 2.46. The first kappa shape index (κ1) is 30.8. The van der Waals surface area contributed by atoms with Crippen LogP contribution in [-0.2, 0) is 32.0 Å². The molecule has 3 atom stereocenters. The number of carboxylic acid groups (broad SMARTS) is 1. The Bertz CT molecular complexity index is 1480. The van der Waals surface area contributed by atoms with E-state index in [0.29, 0.717) is 18.4 Å². The lowest BCUT2D eigenvalue weighted by molar-refractivity contribution is -0.144. The van der Waals surface area contributed by atoms with Crippen molar-refractivity contribution in [2.24, 2.45) is 0 Å². The molecule has 3 amide bonds. The van der Waals surface area contributed by atoms with Crippen LogP contribution < -0.4 is 15.4 Å². The van der Waals surface area contributed by atoms with Gasteiger partial charge in [0.1, 0.15) is 29.6 Å². The van der Waals surface area contributed by atoms with Gasteiger partial charge in [-0.2, -0.15) is 0 Å². The Morgan fingerprint density at radius 1 is 0.860 bits per heavy atom. The number of carbonyl (C=O) groups is 5. The molecule has 224 valence electrons. The zero-order valence-corrected chi connectivity index (χ0v) is 23.6. The maximum absolute atomic E-state index is 14.0. The number of carboxylic acids is 1. The molecule has 43 heavy (non-hydrogen) atoms. The molecular formula is C32H33N3O8. The molecule has 11 heteroatoms. The van der Waals surface area contributed by atoms with Gasteiger partial charge in [-0.25, -0.2) is 4.79 Å². The highest BCUT2D eigenvalue weighted by molar-refractivity contribution is 6.01. The normalized spacial score (nSPS) is 15.7. The number of hydrogen-bond acceptors (Lipinski definition) is 7. The van der Waals surface area contributed by atoms with Gasteiger partial charge in [-0.1, -0.05) is 54.6 Å². The van der Waals surface area contributed by atoms with E-state index in [4.69, 9.17) is 4.74 Å². The summed E-state index contributed by atoms with van der Waals surface area (Å²) in [5.74, 6) is -3.54. The number of carbonyl (C=O) groups excluding carboxylic acids is 4. The summed E-state index contributed by atoms with van der Waals surface area (Å²) in [6.45, 7) is 1.44. The van der Waals surface area contributed by atoms with Gasteiger partial charge in [0.2, 0.25) is 11.8 Å². The average molecular weight is 588 g/mol. The molecule has 4 rings (SSSR count). The Morgan fingerprint density at radius 2 is 1.49 bits per heavy atom. The number of benzene rings is 3. The predicted molar refractivity (Wildman–Crippen MR) is 155 cm³/mol. The Balaban J connectivity index is 1.55. The highest BCUT2D eigenvalue weighted by Crippen LogP contribution is 2.23. The van der Waals surface area contributed by atoms with E-state index in [9.17, 15) is 34.2 Å². The van der Waals surface area contributed by atoms with E-state index < -0.39 is 47.8 Å². The van der Waals surface area contributed by atoms with E-state index >= 15 is 0 Å². The third kappa shape index (κ3) is 8.19. The molecule has 3 aromatic rings. The number of nitrogens with one attached hydrogen (secondary N) is 2. The Hall–Kier alpha value is -5.19. The van der Waals surface area contributed by atoms with Crippen molar-refractivity contribution in [3.63, 3.8) is 0 Å². The first-order valence-corrected chi connectivity index (χ1v) is 13.9. The van der Waals surface area contributed by atoms with Gasteiger partial charge >= 0.3 is 11.9 Å². The second-order valence-corrected chi connectivity index (χ2v) is 10.3. The Labute approximate surface area is 248 Å². The highest BCUT2D eigenvalue weighted by atomic mass is 16.5. The zero-order valence-electron chi connectivity index (χ0n) is 23.6. The number of likely N-dealkylation sites (tertiary alicyclic amines) is 1. The smallest absolute Gasteiger partial charge is 0.326 e. The number of phenolic OH excluding ortho intramolecular Hbond substituents is 1. The van der Waals surface area contributed by atoms with Crippen LogP contribution in [-0.4, -0.2) is 69.4 Å². The summed E-state index contributed by atoms with van der Waals surface area (Å²) in [6.07, 6.45) is 0.945. The minimum absolute atomic E-state index is 0.0277. The molecule has 0 aromatic heterocycles. The number of aromatic hydroxyl groups is 1. The monoisotopic (exact) mass is 587 g/mol. The molecule has 0 bridgehead atoms. The largest absolute Gasteiger partial charge is 0.508 e. The molecule has 3 aromatic carbocycles. The zero-order chi connectivity index (χ0) is 30.9. The second-order valence-electron chi connectivity index (χ2n) is 10.3. The molecule has 0 saturated carbocycles. The lowest BCUT2D eigenvalue weighted by Gasteiger charge is -2.29. The third-order valence-electron chi connectivity index (χ3n) is 7.10. The SMILES string of the molecule is CC(=O)Oc1ccccc1C(=O)N[C@@H](Cc1ccc(O)cc1)C(=O)N1CCC[C@H]1C(=O)N[C@@H](Cc1ccccc1)C(=O)O. The minimum Gasteiger partial charge on any atom is -0.508 e. The number of amides is 3. The first-order chi connectivity index (χ1) is 20.6. The van der Waals surface area contributed by atoms with E-state index in [1.54, 1.807) is 48.5 Å². The van der Waals surface area contributed by atoms with Crippen molar-refractivity contribution in [2.45, 2.75) is 50.7 Å². The van der Waals surface area contributed by atoms with Gasteiger partial charge in [0.15, 0.2) is 0 Å². The van der Waals surface area contributed by atoms with Crippen LogP contribution in [0.4, 0.5) is 0 Å². The van der Waals surface area contributed by atoms with Crippen LogP contribution in [0.3, 0.4) is 0 Å². The first-order valence-electron chi connectivity index (χ1n) is 13.9. The molecule has 1 fully saturated rings. The number of aliphatic carboxylic acids is 1. The molecule has 0 radical (unpaired) electrons. The lowest BCUT2D eigenvalue weighted by Crippen LogP contribution is -2.56. The molecule has 0 spiro atoms. The summed E-state index contributed by atoms with van der Waals surface area (Å²) in [5.41, 5.74) is 1.42. The van der Waals surface area contributed by atoms with Crippen molar-refractivity contribution >= 4 is 29.7 Å². The van der Waals surface area contributed by atoms with Gasteiger partial charge in [0, 0.05) is 26.3 Å². The van der Waals surface area contributed by atoms with E-state index in [1.807, 2.05) is 6.07 Å². The topological polar surface area (TPSA) is 162 Å².